The molecule has 0 aliphatic heterocycles. The fourth-order valence-corrected chi connectivity index (χ4v) is 3.98. The summed E-state index contributed by atoms with van der Waals surface area (Å²) in [5.41, 5.74) is 2.85. The first-order valence-corrected chi connectivity index (χ1v) is 9.75. The zero-order valence-electron chi connectivity index (χ0n) is 15.8. The van der Waals surface area contributed by atoms with Crippen molar-refractivity contribution >= 4 is 11.6 Å². The minimum atomic E-state index is -0.0756. The quantitative estimate of drug-likeness (QED) is 0.691. The van der Waals surface area contributed by atoms with Gasteiger partial charge in [0.25, 0.3) is 5.91 Å². The summed E-state index contributed by atoms with van der Waals surface area (Å²) in [6, 6.07) is 15.5. The summed E-state index contributed by atoms with van der Waals surface area (Å²) in [6.07, 6.45) is 7.92. The Morgan fingerprint density at radius 3 is 2.23 bits per heavy atom. The van der Waals surface area contributed by atoms with Gasteiger partial charge in [-0.25, -0.2) is 0 Å². The van der Waals surface area contributed by atoms with E-state index in [4.69, 9.17) is 4.74 Å². The normalized spacial score (nSPS) is 19.8. The molecule has 2 aromatic rings. The van der Waals surface area contributed by atoms with Crippen molar-refractivity contribution in [2.45, 2.75) is 51.4 Å². The van der Waals surface area contributed by atoms with Crippen molar-refractivity contribution in [3.8, 4) is 5.75 Å². The number of benzene rings is 2. The number of nitrogens with one attached hydrogen (secondary N) is 1. The molecule has 1 aliphatic carbocycles. The lowest BCUT2D eigenvalue weighted by atomic mass is 9.77. The number of hydrogen-bond donors (Lipinski definition) is 1. The third-order valence-corrected chi connectivity index (χ3v) is 5.54. The van der Waals surface area contributed by atoms with Gasteiger partial charge in [-0.3, -0.25) is 4.79 Å². The van der Waals surface area contributed by atoms with Crippen molar-refractivity contribution < 1.29 is 9.53 Å². The van der Waals surface area contributed by atoms with E-state index in [1.165, 1.54) is 44.1 Å². The first kappa shape index (κ1) is 18.5. The van der Waals surface area contributed by atoms with Gasteiger partial charge in [-0.05, 0) is 79.5 Å². The van der Waals surface area contributed by atoms with Crippen molar-refractivity contribution in [2.24, 2.45) is 5.92 Å². The van der Waals surface area contributed by atoms with Gasteiger partial charge in [-0.2, -0.15) is 0 Å². The highest BCUT2D eigenvalue weighted by molar-refractivity contribution is 6.04. The molecule has 0 heterocycles. The van der Waals surface area contributed by atoms with Crippen LogP contribution in [0.15, 0.2) is 48.5 Å². The highest BCUT2D eigenvalue weighted by atomic mass is 16.5. The second kappa shape index (κ2) is 8.88. The zero-order chi connectivity index (χ0) is 18.4. The van der Waals surface area contributed by atoms with Crippen LogP contribution in [0, 0.1) is 5.92 Å². The van der Waals surface area contributed by atoms with Crippen molar-refractivity contribution in [2.75, 3.05) is 12.4 Å². The van der Waals surface area contributed by atoms with Crippen molar-refractivity contribution in [1.29, 1.82) is 0 Å². The molecule has 138 valence electrons. The van der Waals surface area contributed by atoms with Crippen LogP contribution < -0.4 is 10.1 Å². The summed E-state index contributed by atoms with van der Waals surface area (Å²) in [7, 11) is 1.63. The number of methoxy groups -OCH3 is 1. The number of hydrogen-bond acceptors (Lipinski definition) is 2. The summed E-state index contributed by atoms with van der Waals surface area (Å²) in [5, 5.41) is 2.93. The van der Waals surface area contributed by atoms with Crippen LogP contribution in [0.4, 0.5) is 5.69 Å². The molecule has 1 fully saturated rings. The third-order valence-electron chi connectivity index (χ3n) is 5.54. The van der Waals surface area contributed by atoms with E-state index in [1.807, 2.05) is 36.4 Å². The second-order valence-electron chi connectivity index (χ2n) is 7.31. The lowest BCUT2D eigenvalue weighted by Gasteiger charge is -2.28. The van der Waals surface area contributed by atoms with Gasteiger partial charge in [0.05, 0.1) is 7.11 Å². The molecule has 0 atom stereocenters. The van der Waals surface area contributed by atoms with Crippen LogP contribution in [-0.4, -0.2) is 13.0 Å². The topological polar surface area (TPSA) is 38.3 Å². The van der Waals surface area contributed by atoms with Crippen LogP contribution in [-0.2, 0) is 0 Å². The lowest BCUT2D eigenvalue weighted by Crippen LogP contribution is -2.14. The Hall–Kier alpha value is -2.29. The zero-order valence-corrected chi connectivity index (χ0v) is 15.8. The maximum atomic E-state index is 12.4. The minimum absolute atomic E-state index is 0.0756. The summed E-state index contributed by atoms with van der Waals surface area (Å²) >= 11 is 0. The molecule has 1 N–H and O–H groups in total. The smallest absolute Gasteiger partial charge is 0.255 e. The van der Waals surface area contributed by atoms with Crippen LogP contribution in [0.5, 0.6) is 5.75 Å². The Balaban J connectivity index is 1.57. The average Bonchev–Trinajstić information content (AvgIpc) is 2.69. The van der Waals surface area contributed by atoms with E-state index < -0.39 is 0 Å². The fraction of sp³-hybridized carbons (Fsp3) is 0.435. The molecule has 3 heteroatoms. The molecule has 0 radical (unpaired) electrons. The Labute approximate surface area is 156 Å². The molecule has 0 aromatic heterocycles. The van der Waals surface area contributed by atoms with Crippen molar-refractivity contribution in [1.82, 2.24) is 0 Å². The highest BCUT2D eigenvalue weighted by Crippen LogP contribution is 2.37. The van der Waals surface area contributed by atoms with Gasteiger partial charge >= 0.3 is 0 Å². The summed E-state index contributed by atoms with van der Waals surface area (Å²) < 4.78 is 5.14. The Morgan fingerprint density at radius 2 is 1.65 bits per heavy atom. The van der Waals surface area contributed by atoms with Gasteiger partial charge in [0.15, 0.2) is 0 Å². The molecule has 1 aliphatic rings. The minimum Gasteiger partial charge on any atom is -0.497 e. The number of anilines is 1. The molecule has 1 amide bonds. The maximum Gasteiger partial charge on any atom is 0.255 e. The van der Waals surface area contributed by atoms with Gasteiger partial charge in [0.2, 0.25) is 0 Å². The fourth-order valence-electron chi connectivity index (χ4n) is 3.98. The van der Waals surface area contributed by atoms with Crippen LogP contribution in [0.1, 0.15) is 67.3 Å². The summed E-state index contributed by atoms with van der Waals surface area (Å²) in [4.78, 5) is 12.4. The monoisotopic (exact) mass is 351 g/mol. The molecule has 2 aromatic carbocycles. The Morgan fingerprint density at radius 1 is 1.00 bits per heavy atom. The summed E-state index contributed by atoms with van der Waals surface area (Å²) in [6.45, 7) is 2.28. The summed E-state index contributed by atoms with van der Waals surface area (Å²) in [5.74, 6) is 2.28. The van der Waals surface area contributed by atoms with Gasteiger partial charge in [0.1, 0.15) is 5.75 Å². The molecule has 0 bridgehead atoms. The predicted molar refractivity (Wildman–Crippen MR) is 107 cm³/mol. The molecule has 0 saturated heterocycles. The standard InChI is InChI=1S/C23H29NO2/c1-3-4-17-5-7-18(8-6-17)19-9-11-20(12-10-19)23(25)24-21-13-15-22(26-2)16-14-21/h9-18H,3-8H2,1-2H3,(H,24,25). The third kappa shape index (κ3) is 4.66. The molecule has 26 heavy (non-hydrogen) atoms. The van der Waals surface area contributed by atoms with Gasteiger partial charge in [-0.15, -0.1) is 0 Å². The maximum absolute atomic E-state index is 12.4. The molecule has 0 spiro atoms. The average molecular weight is 351 g/mol. The van der Waals surface area contributed by atoms with Gasteiger partial charge in [-0.1, -0.05) is 31.9 Å². The van der Waals surface area contributed by atoms with Crippen LogP contribution >= 0.6 is 0 Å². The molecule has 3 rings (SSSR count). The number of carbonyl (C=O) groups is 1. The second-order valence-corrected chi connectivity index (χ2v) is 7.31. The lowest BCUT2D eigenvalue weighted by molar-refractivity contribution is 0.102. The van der Waals surface area contributed by atoms with Crippen molar-refractivity contribution in [3.05, 3.63) is 59.7 Å². The van der Waals surface area contributed by atoms with Crippen molar-refractivity contribution in [3.63, 3.8) is 0 Å². The van der Waals surface area contributed by atoms with E-state index in [0.29, 0.717) is 11.5 Å². The number of ether oxygens (including phenoxy) is 1. The van der Waals surface area contributed by atoms with Gasteiger partial charge in [0, 0.05) is 11.3 Å². The number of amides is 1. The van der Waals surface area contributed by atoms with E-state index in [0.717, 1.165) is 17.4 Å². The highest BCUT2D eigenvalue weighted by Gasteiger charge is 2.21. The van der Waals surface area contributed by atoms with E-state index in [1.54, 1.807) is 7.11 Å². The Bertz CT molecular complexity index is 698. The molecular formula is C23H29NO2. The van der Waals surface area contributed by atoms with Gasteiger partial charge < -0.3 is 10.1 Å². The van der Waals surface area contributed by atoms with E-state index in [9.17, 15) is 4.79 Å². The predicted octanol–water partition coefficient (Wildman–Crippen LogP) is 6.02. The van der Waals surface area contributed by atoms with E-state index in [2.05, 4.69) is 24.4 Å². The Kier molecular flexibility index (Phi) is 6.32. The molecular weight excluding hydrogens is 322 g/mol. The molecule has 3 nitrogen and oxygen atoms in total. The largest absolute Gasteiger partial charge is 0.497 e. The SMILES string of the molecule is CCCC1CCC(c2ccc(C(=O)Nc3ccc(OC)cc3)cc2)CC1. The molecule has 0 unspecified atom stereocenters. The van der Waals surface area contributed by atoms with E-state index in [-0.39, 0.29) is 5.91 Å². The first-order valence-electron chi connectivity index (χ1n) is 9.75. The number of carbonyl (C=O) groups excluding carboxylic acids is 1. The number of rotatable bonds is 6. The first-order chi connectivity index (χ1) is 12.7. The van der Waals surface area contributed by atoms with Crippen LogP contribution in [0.2, 0.25) is 0 Å². The molecule has 1 saturated carbocycles. The van der Waals surface area contributed by atoms with Crippen LogP contribution in [0.25, 0.3) is 0 Å². The van der Waals surface area contributed by atoms with Crippen LogP contribution in [0.3, 0.4) is 0 Å². The van der Waals surface area contributed by atoms with E-state index >= 15 is 0 Å².